The zero-order valence-electron chi connectivity index (χ0n) is 16.0. The Hall–Kier alpha value is -2.96. The summed E-state index contributed by atoms with van der Waals surface area (Å²) in [4.78, 5) is 41.3. The number of imide groups is 1. The SMILES string of the molecule is CCN(CC)C1=C(OC(=O)[C@H]2CC=CCC2)C(=O)N(c2ccc(F)cc2)C1=O. The van der Waals surface area contributed by atoms with Gasteiger partial charge in [0.2, 0.25) is 5.76 Å². The van der Waals surface area contributed by atoms with E-state index < -0.39 is 23.6 Å². The number of anilines is 1. The van der Waals surface area contributed by atoms with Crippen LogP contribution in [0, 0.1) is 11.7 Å². The van der Waals surface area contributed by atoms with Crippen LogP contribution in [-0.4, -0.2) is 35.8 Å². The van der Waals surface area contributed by atoms with Crippen LogP contribution in [0.15, 0.2) is 47.9 Å². The van der Waals surface area contributed by atoms with E-state index in [4.69, 9.17) is 4.74 Å². The quantitative estimate of drug-likeness (QED) is 0.427. The first-order valence-corrected chi connectivity index (χ1v) is 9.48. The topological polar surface area (TPSA) is 66.9 Å². The van der Waals surface area contributed by atoms with Crippen molar-refractivity contribution in [3.05, 3.63) is 53.7 Å². The van der Waals surface area contributed by atoms with E-state index in [-0.39, 0.29) is 23.1 Å². The summed E-state index contributed by atoms with van der Waals surface area (Å²) >= 11 is 0. The number of ether oxygens (including phenoxy) is 1. The maximum Gasteiger partial charge on any atom is 0.314 e. The second-order valence-corrected chi connectivity index (χ2v) is 6.67. The summed E-state index contributed by atoms with van der Waals surface area (Å²) in [5.41, 5.74) is 0.298. The number of benzene rings is 1. The van der Waals surface area contributed by atoms with Gasteiger partial charge in [0.1, 0.15) is 5.82 Å². The van der Waals surface area contributed by atoms with Crippen molar-refractivity contribution in [2.45, 2.75) is 33.1 Å². The van der Waals surface area contributed by atoms with Gasteiger partial charge in [-0.3, -0.25) is 14.4 Å². The number of amides is 2. The molecular weight excluding hydrogens is 363 g/mol. The number of nitrogens with zero attached hydrogens (tertiary/aromatic N) is 2. The van der Waals surface area contributed by atoms with Crippen LogP contribution >= 0.6 is 0 Å². The summed E-state index contributed by atoms with van der Waals surface area (Å²) in [6.07, 6.45) is 5.90. The van der Waals surface area contributed by atoms with Crippen LogP contribution in [0.3, 0.4) is 0 Å². The first-order valence-electron chi connectivity index (χ1n) is 9.48. The van der Waals surface area contributed by atoms with E-state index in [1.165, 1.54) is 24.3 Å². The van der Waals surface area contributed by atoms with Gasteiger partial charge in [0, 0.05) is 13.1 Å². The molecule has 1 aliphatic carbocycles. The van der Waals surface area contributed by atoms with E-state index in [0.717, 1.165) is 11.3 Å². The van der Waals surface area contributed by atoms with E-state index >= 15 is 0 Å². The number of likely N-dealkylation sites (N-methyl/N-ethyl adjacent to an activating group) is 1. The van der Waals surface area contributed by atoms with Gasteiger partial charge in [-0.1, -0.05) is 12.2 Å². The molecule has 1 heterocycles. The average molecular weight is 386 g/mol. The third kappa shape index (κ3) is 3.69. The molecule has 0 spiro atoms. The Morgan fingerprint density at radius 3 is 2.39 bits per heavy atom. The predicted octanol–water partition coefficient (Wildman–Crippen LogP) is 3.15. The molecule has 2 amide bonds. The molecule has 148 valence electrons. The molecule has 0 bridgehead atoms. The molecule has 7 heteroatoms. The summed E-state index contributed by atoms with van der Waals surface area (Å²) in [5.74, 6) is -2.86. The van der Waals surface area contributed by atoms with E-state index in [9.17, 15) is 18.8 Å². The highest BCUT2D eigenvalue weighted by molar-refractivity contribution is 6.32. The summed E-state index contributed by atoms with van der Waals surface area (Å²) < 4.78 is 18.7. The lowest BCUT2D eigenvalue weighted by molar-refractivity contribution is -0.147. The zero-order chi connectivity index (χ0) is 20.3. The summed E-state index contributed by atoms with van der Waals surface area (Å²) in [6.45, 7) is 4.63. The molecule has 3 rings (SSSR count). The van der Waals surface area contributed by atoms with Crippen molar-refractivity contribution in [1.82, 2.24) is 4.90 Å². The summed E-state index contributed by atoms with van der Waals surface area (Å²) in [5, 5.41) is 0. The maximum absolute atomic E-state index is 13.3. The van der Waals surface area contributed by atoms with Gasteiger partial charge in [-0.05, 0) is 57.4 Å². The van der Waals surface area contributed by atoms with E-state index in [2.05, 4.69) is 0 Å². The molecule has 1 aromatic carbocycles. The van der Waals surface area contributed by atoms with Gasteiger partial charge < -0.3 is 9.64 Å². The normalized spacial score (nSPS) is 19.4. The molecule has 0 saturated heterocycles. The number of halogens is 1. The van der Waals surface area contributed by atoms with Gasteiger partial charge in [-0.2, -0.15) is 0 Å². The minimum Gasteiger partial charge on any atom is -0.418 e. The number of carbonyl (C=O) groups excluding carboxylic acids is 3. The molecule has 6 nitrogen and oxygen atoms in total. The standard InChI is InChI=1S/C21H23FN2O4/c1-3-23(4-2)17-18(28-21(27)14-8-6-5-7-9-14)20(26)24(19(17)25)16-12-10-15(22)11-13-16/h5-6,10-14H,3-4,7-9H2,1-2H3/t14-/m0/s1. The zero-order valence-corrected chi connectivity index (χ0v) is 16.0. The monoisotopic (exact) mass is 386 g/mol. The second-order valence-electron chi connectivity index (χ2n) is 6.67. The maximum atomic E-state index is 13.3. The third-order valence-corrected chi connectivity index (χ3v) is 4.99. The number of allylic oxidation sites excluding steroid dienone is 2. The summed E-state index contributed by atoms with van der Waals surface area (Å²) in [7, 11) is 0. The lowest BCUT2D eigenvalue weighted by Gasteiger charge is -2.22. The van der Waals surface area contributed by atoms with Gasteiger partial charge >= 0.3 is 11.9 Å². The van der Waals surface area contributed by atoms with Gasteiger partial charge in [0.15, 0.2) is 5.70 Å². The van der Waals surface area contributed by atoms with Crippen molar-refractivity contribution < 1.29 is 23.5 Å². The van der Waals surface area contributed by atoms with Crippen molar-refractivity contribution >= 4 is 23.5 Å². The molecule has 1 aliphatic heterocycles. The Balaban J connectivity index is 1.95. The molecule has 1 atom stereocenters. The van der Waals surface area contributed by atoms with Gasteiger partial charge in [-0.15, -0.1) is 0 Å². The molecule has 0 N–H and O–H groups in total. The minimum absolute atomic E-state index is 0.0685. The number of esters is 1. The Labute approximate surface area is 163 Å². The Morgan fingerprint density at radius 1 is 1.14 bits per heavy atom. The smallest absolute Gasteiger partial charge is 0.314 e. The molecule has 0 aromatic heterocycles. The van der Waals surface area contributed by atoms with Crippen molar-refractivity contribution in [3.63, 3.8) is 0 Å². The van der Waals surface area contributed by atoms with Crippen LogP contribution in [0.1, 0.15) is 33.1 Å². The van der Waals surface area contributed by atoms with Crippen LogP contribution in [0.5, 0.6) is 0 Å². The molecular formula is C21H23FN2O4. The first kappa shape index (κ1) is 19.8. The summed E-state index contributed by atoms with van der Waals surface area (Å²) in [6, 6.07) is 5.04. The number of hydrogen-bond donors (Lipinski definition) is 0. The average Bonchev–Trinajstić information content (AvgIpc) is 2.95. The van der Waals surface area contributed by atoms with Crippen LogP contribution in [0.4, 0.5) is 10.1 Å². The molecule has 0 radical (unpaired) electrons. The van der Waals surface area contributed by atoms with Crippen LogP contribution < -0.4 is 4.90 Å². The molecule has 2 aliphatic rings. The Bertz CT molecular complexity index is 840. The number of rotatable bonds is 6. The fraction of sp³-hybridized carbons (Fsp3) is 0.381. The number of carbonyl (C=O) groups is 3. The highest BCUT2D eigenvalue weighted by atomic mass is 19.1. The molecule has 0 saturated carbocycles. The van der Waals surface area contributed by atoms with Crippen LogP contribution in [0.2, 0.25) is 0 Å². The second kappa shape index (κ2) is 8.37. The van der Waals surface area contributed by atoms with Crippen molar-refractivity contribution in [2.75, 3.05) is 18.0 Å². The van der Waals surface area contributed by atoms with Crippen molar-refractivity contribution in [2.24, 2.45) is 5.92 Å². The molecule has 28 heavy (non-hydrogen) atoms. The third-order valence-electron chi connectivity index (χ3n) is 4.99. The van der Waals surface area contributed by atoms with Crippen LogP contribution in [0.25, 0.3) is 0 Å². The minimum atomic E-state index is -0.710. The van der Waals surface area contributed by atoms with Crippen LogP contribution in [-0.2, 0) is 19.1 Å². The van der Waals surface area contributed by atoms with Gasteiger partial charge in [-0.25, -0.2) is 9.29 Å². The Morgan fingerprint density at radius 2 is 1.82 bits per heavy atom. The molecule has 1 aromatic rings. The van der Waals surface area contributed by atoms with Gasteiger partial charge in [0.05, 0.1) is 11.6 Å². The van der Waals surface area contributed by atoms with E-state index in [1.54, 1.807) is 4.90 Å². The highest BCUT2D eigenvalue weighted by Gasteiger charge is 2.44. The molecule has 0 unspecified atom stereocenters. The first-order chi connectivity index (χ1) is 13.5. The van der Waals surface area contributed by atoms with Crippen molar-refractivity contribution in [3.8, 4) is 0 Å². The predicted molar refractivity (Wildman–Crippen MR) is 101 cm³/mol. The fourth-order valence-corrected chi connectivity index (χ4v) is 3.43. The fourth-order valence-electron chi connectivity index (χ4n) is 3.43. The van der Waals surface area contributed by atoms with Crippen molar-refractivity contribution in [1.29, 1.82) is 0 Å². The lowest BCUT2D eigenvalue weighted by atomic mass is 9.95. The van der Waals surface area contributed by atoms with E-state index in [1.807, 2.05) is 26.0 Å². The Kier molecular flexibility index (Phi) is 5.92. The highest BCUT2D eigenvalue weighted by Crippen LogP contribution is 2.31. The van der Waals surface area contributed by atoms with Gasteiger partial charge in [0.25, 0.3) is 5.91 Å². The molecule has 0 fully saturated rings. The van der Waals surface area contributed by atoms with E-state index in [0.29, 0.717) is 25.9 Å². The largest absolute Gasteiger partial charge is 0.418 e. The lowest BCUT2D eigenvalue weighted by Crippen LogP contribution is -2.35. The number of hydrogen-bond acceptors (Lipinski definition) is 5.